The highest BCUT2D eigenvalue weighted by atomic mass is 16.5. The van der Waals surface area contributed by atoms with Crippen LogP contribution in [0.2, 0.25) is 0 Å². The predicted molar refractivity (Wildman–Crippen MR) is 93.5 cm³/mol. The van der Waals surface area contributed by atoms with Gasteiger partial charge < -0.3 is 19.7 Å². The largest absolute Gasteiger partial charge is 0.378 e. The first-order chi connectivity index (χ1) is 12.2. The lowest BCUT2D eigenvalue weighted by Crippen LogP contribution is -2.38. The third-order valence-electron chi connectivity index (χ3n) is 5.09. The average Bonchev–Trinajstić information content (AvgIpc) is 3.33. The number of aromatic nitrogens is 4. The molecule has 2 N–H and O–H groups in total. The monoisotopic (exact) mass is 346 g/mol. The molecule has 0 spiro atoms. The molecule has 0 bridgehead atoms. The molecule has 2 saturated heterocycles. The maximum absolute atomic E-state index is 5.90. The molecule has 2 aliphatic rings. The van der Waals surface area contributed by atoms with Crippen molar-refractivity contribution in [3.63, 3.8) is 0 Å². The zero-order valence-electron chi connectivity index (χ0n) is 14.9. The second kappa shape index (κ2) is 7.15. The molecule has 2 aliphatic heterocycles. The van der Waals surface area contributed by atoms with Crippen LogP contribution in [0.3, 0.4) is 0 Å². The summed E-state index contributed by atoms with van der Waals surface area (Å²) in [5.41, 5.74) is 3.37. The third kappa shape index (κ3) is 3.29. The molecule has 136 valence electrons. The van der Waals surface area contributed by atoms with Crippen molar-refractivity contribution in [2.24, 2.45) is 7.05 Å². The Balaban J connectivity index is 1.49. The fourth-order valence-corrected chi connectivity index (χ4v) is 3.83. The van der Waals surface area contributed by atoms with Gasteiger partial charge in [0, 0.05) is 51.1 Å². The summed E-state index contributed by atoms with van der Waals surface area (Å²) in [4.78, 5) is 2.37. The van der Waals surface area contributed by atoms with Gasteiger partial charge in [-0.3, -0.25) is 9.78 Å². The number of rotatable bonds is 5. The van der Waals surface area contributed by atoms with Gasteiger partial charge in [0.1, 0.15) is 11.9 Å². The number of anilines is 1. The van der Waals surface area contributed by atoms with E-state index in [0.29, 0.717) is 0 Å². The molecule has 2 aromatic rings. The first-order valence-corrected chi connectivity index (χ1v) is 8.93. The van der Waals surface area contributed by atoms with E-state index in [1.165, 1.54) is 11.4 Å². The fourth-order valence-electron chi connectivity index (χ4n) is 3.83. The van der Waals surface area contributed by atoms with E-state index >= 15 is 0 Å². The van der Waals surface area contributed by atoms with Crippen molar-refractivity contribution in [3.05, 3.63) is 29.2 Å². The minimum atomic E-state index is 0.0336. The predicted octanol–water partition coefficient (Wildman–Crippen LogP) is 0.908. The van der Waals surface area contributed by atoms with Gasteiger partial charge in [0.15, 0.2) is 0 Å². The van der Waals surface area contributed by atoms with Crippen molar-refractivity contribution >= 4 is 5.82 Å². The Bertz CT molecular complexity index is 692. The SMILES string of the molecule is Cc1nn(C)c(N2CCOCC2)c1CN[C@H]1CCO[C@@H]1c1ccn[nH]1. The average molecular weight is 346 g/mol. The molecule has 0 radical (unpaired) electrons. The highest BCUT2D eigenvalue weighted by Gasteiger charge is 2.31. The number of nitrogens with zero attached hydrogens (tertiary/aromatic N) is 4. The molecule has 8 heteroatoms. The van der Waals surface area contributed by atoms with Crippen LogP contribution in [0.5, 0.6) is 0 Å². The van der Waals surface area contributed by atoms with Crippen molar-refractivity contribution in [1.82, 2.24) is 25.3 Å². The molecule has 2 atom stereocenters. The van der Waals surface area contributed by atoms with E-state index in [9.17, 15) is 0 Å². The summed E-state index contributed by atoms with van der Waals surface area (Å²) in [6.45, 7) is 7.00. The van der Waals surface area contributed by atoms with E-state index in [-0.39, 0.29) is 12.1 Å². The highest BCUT2D eigenvalue weighted by molar-refractivity contribution is 5.50. The minimum Gasteiger partial charge on any atom is -0.378 e. The van der Waals surface area contributed by atoms with Gasteiger partial charge in [-0.05, 0) is 19.4 Å². The number of morpholine rings is 1. The lowest BCUT2D eigenvalue weighted by Gasteiger charge is -2.30. The van der Waals surface area contributed by atoms with E-state index < -0.39 is 0 Å². The highest BCUT2D eigenvalue weighted by Crippen LogP contribution is 2.29. The van der Waals surface area contributed by atoms with Gasteiger partial charge in [-0.1, -0.05) is 0 Å². The summed E-state index contributed by atoms with van der Waals surface area (Å²) in [6, 6.07) is 2.26. The smallest absolute Gasteiger partial charge is 0.131 e. The number of aromatic amines is 1. The number of nitrogens with one attached hydrogen (secondary N) is 2. The van der Waals surface area contributed by atoms with Crippen LogP contribution in [0.4, 0.5) is 5.82 Å². The van der Waals surface area contributed by atoms with Gasteiger partial charge in [-0.2, -0.15) is 10.2 Å². The number of aryl methyl sites for hydroxylation is 2. The Morgan fingerprint density at radius 2 is 2.16 bits per heavy atom. The molecule has 0 saturated carbocycles. The van der Waals surface area contributed by atoms with E-state index in [2.05, 4.69) is 32.4 Å². The lowest BCUT2D eigenvalue weighted by atomic mass is 10.1. The molecular weight excluding hydrogens is 320 g/mol. The molecule has 0 amide bonds. The van der Waals surface area contributed by atoms with Gasteiger partial charge >= 0.3 is 0 Å². The normalized spacial score (nSPS) is 24.2. The molecule has 0 aromatic carbocycles. The molecule has 25 heavy (non-hydrogen) atoms. The van der Waals surface area contributed by atoms with Crippen molar-refractivity contribution in [3.8, 4) is 0 Å². The van der Waals surface area contributed by atoms with Crippen molar-refractivity contribution in [1.29, 1.82) is 0 Å². The summed E-state index contributed by atoms with van der Waals surface area (Å²) < 4.78 is 13.4. The standard InChI is InChI=1S/C17H26N6O2/c1-12-13(17(22(2)21-12)23-6-9-24-10-7-23)11-18-14-4-8-25-16(14)15-3-5-19-20-15/h3,5,14,16,18H,4,6-11H2,1-2H3,(H,19,20)/t14-,16-/m0/s1. The summed E-state index contributed by atoms with van der Waals surface area (Å²) in [6.07, 6.45) is 2.80. The summed E-state index contributed by atoms with van der Waals surface area (Å²) in [5.74, 6) is 1.20. The van der Waals surface area contributed by atoms with Crippen molar-refractivity contribution in [2.45, 2.75) is 32.0 Å². The van der Waals surface area contributed by atoms with Gasteiger partial charge in [0.2, 0.25) is 0 Å². The molecule has 0 unspecified atom stereocenters. The molecule has 8 nitrogen and oxygen atoms in total. The molecule has 0 aliphatic carbocycles. The first-order valence-electron chi connectivity index (χ1n) is 8.93. The number of ether oxygens (including phenoxy) is 2. The molecule has 2 fully saturated rings. The first kappa shape index (κ1) is 16.6. The van der Waals surface area contributed by atoms with Gasteiger partial charge in [-0.25, -0.2) is 0 Å². The third-order valence-corrected chi connectivity index (χ3v) is 5.09. The van der Waals surface area contributed by atoms with Crippen LogP contribution in [-0.4, -0.2) is 58.9 Å². The number of H-pyrrole nitrogens is 1. The van der Waals surface area contributed by atoms with Crippen LogP contribution >= 0.6 is 0 Å². The second-order valence-electron chi connectivity index (χ2n) is 6.69. The summed E-state index contributed by atoms with van der Waals surface area (Å²) >= 11 is 0. The van der Waals surface area contributed by atoms with Gasteiger partial charge in [-0.15, -0.1) is 0 Å². The van der Waals surface area contributed by atoms with E-state index in [4.69, 9.17) is 9.47 Å². The molecule has 4 rings (SSSR count). The van der Waals surface area contributed by atoms with Crippen LogP contribution < -0.4 is 10.2 Å². The van der Waals surface area contributed by atoms with Crippen LogP contribution in [0.25, 0.3) is 0 Å². The van der Waals surface area contributed by atoms with Crippen LogP contribution in [0, 0.1) is 6.92 Å². The van der Waals surface area contributed by atoms with Crippen LogP contribution in [0.1, 0.15) is 29.5 Å². The lowest BCUT2D eigenvalue weighted by molar-refractivity contribution is 0.0950. The quantitative estimate of drug-likeness (QED) is 0.838. The van der Waals surface area contributed by atoms with E-state index in [0.717, 1.165) is 57.3 Å². The Hall–Kier alpha value is -1.90. The Labute approximate surface area is 147 Å². The Kier molecular flexibility index (Phi) is 4.74. The second-order valence-corrected chi connectivity index (χ2v) is 6.69. The maximum Gasteiger partial charge on any atom is 0.131 e. The Morgan fingerprint density at radius 3 is 2.92 bits per heavy atom. The fraction of sp³-hybridized carbons (Fsp3) is 0.647. The number of hydrogen-bond donors (Lipinski definition) is 2. The van der Waals surface area contributed by atoms with E-state index in [1.807, 2.05) is 17.8 Å². The van der Waals surface area contributed by atoms with Gasteiger partial charge in [0.25, 0.3) is 0 Å². The molecule has 2 aromatic heterocycles. The van der Waals surface area contributed by atoms with Crippen LogP contribution in [-0.2, 0) is 23.1 Å². The molecular formula is C17H26N6O2. The van der Waals surface area contributed by atoms with E-state index in [1.54, 1.807) is 6.20 Å². The van der Waals surface area contributed by atoms with Crippen LogP contribution in [0.15, 0.2) is 12.3 Å². The topological polar surface area (TPSA) is 80.2 Å². The zero-order chi connectivity index (χ0) is 17.2. The summed E-state index contributed by atoms with van der Waals surface area (Å²) in [5, 5.41) is 15.4. The minimum absolute atomic E-state index is 0.0336. The zero-order valence-corrected chi connectivity index (χ0v) is 14.9. The van der Waals surface area contributed by atoms with Gasteiger partial charge in [0.05, 0.1) is 24.6 Å². The Morgan fingerprint density at radius 1 is 1.32 bits per heavy atom. The van der Waals surface area contributed by atoms with Crippen molar-refractivity contribution in [2.75, 3.05) is 37.8 Å². The molecule has 4 heterocycles. The van der Waals surface area contributed by atoms with Crippen molar-refractivity contribution < 1.29 is 9.47 Å². The summed E-state index contributed by atoms with van der Waals surface area (Å²) in [7, 11) is 2.02. The number of hydrogen-bond acceptors (Lipinski definition) is 6. The maximum atomic E-state index is 5.90.